The van der Waals surface area contributed by atoms with Crippen LogP contribution in [0.25, 0.3) is 0 Å². The van der Waals surface area contributed by atoms with Crippen LogP contribution >= 0.6 is 6.83 Å². The molecular formula is C15H28BO11PS. The number of aliphatic carboxylic acids is 2. The fourth-order valence-corrected chi connectivity index (χ4v) is 9.99. The molecule has 11 nitrogen and oxygen atoms in total. The van der Waals surface area contributed by atoms with Gasteiger partial charge in [-0.15, -0.1) is 0 Å². The van der Waals surface area contributed by atoms with E-state index in [0.717, 1.165) is 0 Å². The summed E-state index contributed by atoms with van der Waals surface area (Å²) in [6.45, 7) is 3.42. The van der Waals surface area contributed by atoms with Gasteiger partial charge in [0.1, 0.15) is 0 Å². The summed E-state index contributed by atoms with van der Waals surface area (Å²) in [6, 6.07) is 0. The molecule has 0 saturated carbocycles. The SMILES string of the molecule is CCCS(=O)(=O)CCP(CC)(CC)(CC)OB(OC(=O)C(=O)O)OC(=O)C(=O)O. The first-order chi connectivity index (χ1) is 13.3. The third-order valence-corrected chi connectivity index (χ3v) is 14.1. The van der Waals surface area contributed by atoms with Gasteiger partial charge in [0.15, 0.2) is 0 Å². The van der Waals surface area contributed by atoms with Crippen LogP contribution in [0, 0.1) is 0 Å². The Morgan fingerprint density at radius 2 is 1.24 bits per heavy atom. The molecule has 0 radical (unpaired) electrons. The molecule has 29 heavy (non-hydrogen) atoms. The van der Waals surface area contributed by atoms with Crippen molar-refractivity contribution in [2.75, 3.05) is 36.2 Å². The summed E-state index contributed by atoms with van der Waals surface area (Å²) in [6.07, 6.45) is 1.42. The van der Waals surface area contributed by atoms with Gasteiger partial charge in [-0.1, -0.05) is 0 Å². The zero-order valence-electron chi connectivity index (χ0n) is 17.0. The van der Waals surface area contributed by atoms with E-state index in [4.69, 9.17) is 14.7 Å². The number of hydrogen-bond acceptors (Lipinski definition) is 9. The maximum atomic E-state index is 12.2. The summed E-state index contributed by atoms with van der Waals surface area (Å²) in [4.78, 5) is 44.4. The minimum absolute atomic E-state index is 0.0257. The summed E-state index contributed by atoms with van der Waals surface area (Å²) in [5.41, 5.74) is 0. The Morgan fingerprint density at radius 3 is 1.55 bits per heavy atom. The van der Waals surface area contributed by atoms with Gasteiger partial charge in [0.05, 0.1) is 0 Å². The van der Waals surface area contributed by atoms with Crippen molar-refractivity contribution in [2.45, 2.75) is 34.1 Å². The molecule has 0 bridgehead atoms. The molecule has 168 valence electrons. The van der Waals surface area contributed by atoms with E-state index in [2.05, 4.69) is 9.31 Å². The fraction of sp³-hybridized carbons (Fsp3) is 0.733. The van der Waals surface area contributed by atoms with Crippen molar-refractivity contribution in [1.29, 1.82) is 0 Å². The molecule has 0 aromatic rings. The van der Waals surface area contributed by atoms with E-state index in [1.807, 2.05) is 0 Å². The molecule has 0 aliphatic carbocycles. The van der Waals surface area contributed by atoms with Crippen LogP contribution < -0.4 is 0 Å². The molecule has 0 saturated heterocycles. The summed E-state index contributed by atoms with van der Waals surface area (Å²) >= 11 is 0. The number of carboxylic acid groups (broad SMARTS) is 2. The standard InChI is InChI=1S/C15H28BO11PS/c1-5-10-29(23,24)11-9-28(6-2,7-3,8-4)27-16(25-14(21)12(17)18)26-15(22)13(19)20/h5-11H2,1-4H3,(H,17,18)(H,19,20). The minimum atomic E-state index is -3.49. The number of rotatable bonds is 12. The Hall–Kier alpha value is -1.72. The topological polar surface area (TPSA) is 171 Å². The first-order valence-corrected chi connectivity index (χ1v) is 13.8. The normalized spacial score (nSPS) is 13.0. The monoisotopic (exact) mass is 458 g/mol. The molecule has 0 aliphatic rings. The van der Waals surface area contributed by atoms with E-state index in [1.165, 1.54) is 0 Å². The summed E-state index contributed by atoms with van der Waals surface area (Å²) in [5.74, 6) is -7.87. The molecule has 2 N–H and O–H groups in total. The average molecular weight is 458 g/mol. The van der Waals surface area contributed by atoms with Crippen molar-refractivity contribution >= 4 is 47.9 Å². The second-order valence-electron chi connectivity index (χ2n) is 6.50. The Labute approximate surface area is 170 Å². The molecule has 0 rings (SSSR count). The zero-order valence-corrected chi connectivity index (χ0v) is 18.7. The molecule has 0 atom stereocenters. The van der Waals surface area contributed by atoms with Gasteiger partial charge in [-0.3, -0.25) is 0 Å². The summed E-state index contributed by atoms with van der Waals surface area (Å²) < 4.78 is 39.3. The van der Waals surface area contributed by atoms with Crippen molar-refractivity contribution in [3.05, 3.63) is 0 Å². The Balaban J connectivity index is 5.97. The van der Waals surface area contributed by atoms with Gasteiger partial charge in [-0.2, -0.15) is 0 Å². The molecule has 14 heteroatoms. The van der Waals surface area contributed by atoms with Gasteiger partial charge < -0.3 is 0 Å². The molecule has 0 aromatic heterocycles. The van der Waals surface area contributed by atoms with Crippen LogP contribution in [0.15, 0.2) is 0 Å². The van der Waals surface area contributed by atoms with E-state index in [0.29, 0.717) is 24.9 Å². The molecule has 0 fully saturated rings. The van der Waals surface area contributed by atoms with Crippen LogP contribution in [-0.2, 0) is 42.8 Å². The van der Waals surface area contributed by atoms with Crippen LogP contribution in [-0.4, -0.2) is 86.0 Å². The molecule has 0 aromatic carbocycles. The van der Waals surface area contributed by atoms with Gasteiger partial charge in [0.25, 0.3) is 0 Å². The van der Waals surface area contributed by atoms with Crippen molar-refractivity contribution in [2.24, 2.45) is 0 Å². The first-order valence-electron chi connectivity index (χ1n) is 9.07. The molecular weight excluding hydrogens is 430 g/mol. The number of carbonyl (C=O) groups excluding carboxylic acids is 2. The Bertz CT molecular complexity index is 694. The quantitative estimate of drug-likeness (QED) is 0.238. The maximum absolute atomic E-state index is 12.2. The number of carboxylic acids is 2. The summed E-state index contributed by atoms with van der Waals surface area (Å²) in [5, 5.41) is 17.4. The molecule has 0 heterocycles. The van der Waals surface area contributed by atoms with E-state index in [-0.39, 0.29) is 17.7 Å². The van der Waals surface area contributed by atoms with Crippen LogP contribution in [0.1, 0.15) is 34.1 Å². The first kappa shape index (κ1) is 27.3. The van der Waals surface area contributed by atoms with Crippen LogP contribution in [0.5, 0.6) is 0 Å². The molecule has 0 aliphatic heterocycles. The second-order valence-corrected chi connectivity index (χ2v) is 15.1. The second kappa shape index (κ2) is 10.9. The number of sulfone groups is 1. The van der Waals surface area contributed by atoms with Crippen molar-refractivity contribution in [1.82, 2.24) is 0 Å². The van der Waals surface area contributed by atoms with Gasteiger partial charge in [0.2, 0.25) is 0 Å². The van der Waals surface area contributed by atoms with Crippen LogP contribution in [0.2, 0.25) is 0 Å². The van der Waals surface area contributed by atoms with Crippen molar-refractivity contribution < 1.29 is 51.6 Å². The van der Waals surface area contributed by atoms with Crippen molar-refractivity contribution in [3.63, 3.8) is 0 Å². The van der Waals surface area contributed by atoms with E-state index in [9.17, 15) is 27.6 Å². The van der Waals surface area contributed by atoms with E-state index < -0.39 is 47.9 Å². The third-order valence-electron chi connectivity index (χ3n) is 5.02. The summed E-state index contributed by atoms with van der Waals surface area (Å²) in [7, 11) is -5.62. The zero-order chi connectivity index (χ0) is 22.9. The fourth-order valence-electron chi connectivity index (χ4n) is 2.79. The predicted octanol–water partition coefficient (Wildman–Crippen LogP) is 0.596. The number of hydrogen-bond donors (Lipinski definition) is 2. The van der Waals surface area contributed by atoms with E-state index >= 15 is 0 Å². The molecule has 0 amide bonds. The van der Waals surface area contributed by atoms with Crippen molar-refractivity contribution in [3.8, 4) is 0 Å². The molecule has 0 unspecified atom stereocenters. The molecule has 0 spiro atoms. The third kappa shape index (κ3) is 7.90. The van der Waals surface area contributed by atoms with Gasteiger partial charge in [-0.25, -0.2) is 0 Å². The average Bonchev–Trinajstić information content (AvgIpc) is 2.65. The van der Waals surface area contributed by atoms with Gasteiger partial charge in [-0.05, 0) is 0 Å². The Morgan fingerprint density at radius 1 is 0.828 bits per heavy atom. The Kier molecular flexibility index (Phi) is 10.2. The van der Waals surface area contributed by atoms with Crippen LogP contribution in [0.4, 0.5) is 0 Å². The van der Waals surface area contributed by atoms with Crippen LogP contribution in [0.3, 0.4) is 0 Å². The number of carbonyl (C=O) groups is 4. The van der Waals surface area contributed by atoms with Gasteiger partial charge >= 0.3 is 170 Å². The predicted molar refractivity (Wildman–Crippen MR) is 107 cm³/mol. The van der Waals surface area contributed by atoms with Gasteiger partial charge in [0, 0.05) is 0 Å². The van der Waals surface area contributed by atoms with E-state index in [1.54, 1.807) is 27.7 Å².